The number of nitrogens with one attached hydrogen (secondary N) is 1. The largest absolute Gasteiger partial charge is 0.457 e. The first-order valence-electron chi connectivity index (χ1n) is 7.54. The van der Waals surface area contributed by atoms with Gasteiger partial charge in [-0.2, -0.15) is 0 Å². The van der Waals surface area contributed by atoms with Crippen LogP contribution in [0.3, 0.4) is 0 Å². The van der Waals surface area contributed by atoms with E-state index in [2.05, 4.69) is 15.0 Å². The van der Waals surface area contributed by atoms with E-state index in [0.29, 0.717) is 0 Å². The van der Waals surface area contributed by atoms with E-state index in [1.54, 1.807) is 12.4 Å². The maximum Gasteiger partial charge on any atom is 0.138 e. The van der Waals surface area contributed by atoms with E-state index >= 15 is 0 Å². The summed E-state index contributed by atoms with van der Waals surface area (Å²) in [6.07, 6.45) is 3.40. The predicted octanol–water partition coefficient (Wildman–Crippen LogP) is 5.38. The lowest BCUT2D eigenvalue weighted by molar-refractivity contribution is 0.482. The number of nitrogens with zero attached hydrogens (tertiary/aromatic N) is 2. The zero-order valence-electron chi connectivity index (χ0n) is 13.0. The Balaban J connectivity index is 1.72. The molecule has 1 N–H and O–H groups in total. The van der Waals surface area contributed by atoms with Crippen LogP contribution in [0.1, 0.15) is 5.56 Å². The SMILES string of the molecule is Cc1c(Cl)ccc2[nH]c(-c3cccc(Oc4ccncc4)c3)nc12. The molecule has 2 aromatic heterocycles. The number of benzene rings is 2. The molecule has 2 heterocycles. The summed E-state index contributed by atoms with van der Waals surface area (Å²) >= 11 is 6.18. The molecule has 4 aromatic rings. The quantitative estimate of drug-likeness (QED) is 0.547. The third-order valence-corrected chi connectivity index (χ3v) is 4.24. The van der Waals surface area contributed by atoms with Crippen LogP contribution in [-0.2, 0) is 0 Å². The average Bonchev–Trinajstić information content (AvgIpc) is 3.05. The van der Waals surface area contributed by atoms with Crippen LogP contribution < -0.4 is 4.74 Å². The van der Waals surface area contributed by atoms with Gasteiger partial charge < -0.3 is 9.72 Å². The van der Waals surface area contributed by atoms with Gasteiger partial charge in [0.2, 0.25) is 0 Å². The van der Waals surface area contributed by atoms with Gasteiger partial charge >= 0.3 is 0 Å². The summed E-state index contributed by atoms with van der Waals surface area (Å²) in [5.41, 5.74) is 3.78. The summed E-state index contributed by atoms with van der Waals surface area (Å²) in [7, 11) is 0. The smallest absolute Gasteiger partial charge is 0.138 e. The minimum Gasteiger partial charge on any atom is -0.457 e. The summed E-state index contributed by atoms with van der Waals surface area (Å²) in [5, 5.41) is 0.718. The Morgan fingerprint density at radius 3 is 2.67 bits per heavy atom. The fourth-order valence-corrected chi connectivity index (χ4v) is 2.73. The molecule has 4 rings (SSSR count). The number of rotatable bonds is 3. The zero-order valence-corrected chi connectivity index (χ0v) is 13.7. The molecule has 0 aliphatic rings. The van der Waals surface area contributed by atoms with Crippen molar-refractivity contribution in [3.8, 4) is 22.9 Å². The van der Waals surface area contributed by atoms with Gasteiger partial charge in [0.05, 0.1) is 11.0 Å². The van der Waals surface area contributed by atoms with E-state index in [1.807, 2.05) is 55.5 Å². The molecule has 0 spiro atoms. The number of halogens is 1. The van der Waals surface area contributed by atoms with E-state index in [-0.39, 0.29) is 0 Å². The molecule has 0 bridgehead atoms. The predicted molar refractivity (Wildman–Crippen MR) is 95.6 cm³/mol. The van der Waals surface area contributed by atoms with Crippen LogP contribution >= 0.6 is 11.6 Å². The molecule has 5 heteroatoms. The number of aromatic amines is 1. The molecular weight excluding hydrogens is 322 g/mol. The number of H-pyrrole nitrogens is 1. The number of hydrogen-bond donors (Lipinski definition) is 1. The van der Waals surface area contributed by atoms with Gasteiger partial charge in [0.15, 0.2) is 0 Å². The normalized spacial score (nSPS) is 10.9. The van der Waals surface area contributed by atoms with Crippen LogP contribution in [-0.4, -0.2) is 15.0 Å². The van der Waals surface area contributed by atoms with Crippen molar-refractivity contribution in [2.45, 2.75) is 6.92 Å². The Labute approximate surface area is 144 Å². The average molecular weight is 336 g/mol. The van der Waals surface area contributed by atoms with Gasteiger partial charge in [-0.05, 0) is 48.9 Å². The lowest BCUT2D eigenvalue weighted by atomic mass is 10.2. The van der Waals surface area contributed by atoms with Gasteiger partial charge in [-0.15, -0.1) is 0 Å². The van der Waals surface area contributed by atoms with Gasteiger partial charge in [0.1, 0.15) is 17.3 Å². The highest BCUT2D eigenvalue weighted by Crippen LogP contribution is 2.29. The first-order valence-corrected chi connectivity index (χ1v) is 7.91. The van der Waals surface area contributed by atoms with E-state index < -0.39 is 0 Å². The lowest BCUT2D eigenvalue weighted by Gasteiger charge is -2.06. The standard InChI is InChI=1S/C19H14ClN3O/c1-12-16(20)5-6-17-18(12)23-19(22-17)13-3-2-4-15(11-13)24-14-7-9-21-10-8-14/h2-11H,1H3,(H,22,23). The number of aryl methyl sites for hydroxylation is 1. The minimum absolute atomic E-state index is 0.718. The number of hydrogen-bond acceptors (Lipinski definition) is 3. The van der Waals surface area contributed by atoms with E-state index in [1.165, 1.54) is 0 Å². The molecule has 0 saturated carbocycles. The summed E-state index contributed by atoms with van der Waals surface area (Å²) in [4.78, 5) is 12.0. The molecule has 0 saturated heterocycles. The second kappa shape index (κ2) is 5.98. The van der Waals surface area contributed by atoms with Gasteiger partial charge in [-0.25, -0.2) is 4.98 Å². The first-order chi connectivity index (χ1) is 11.7. The Hall–Kier alpha value is -2.85. The maximum atomic E-state index is 6.18. The van der Waals surface area contributed by atoms with Crippen molar-refractivity contribution in [3.63, 3.8) is 0 Å². The van der Waals surface area contributed by atoms with Gasteiger partial charge in [-0.1, -0.05) is 23.7 Å². The van der Waals surface area contributed by atoms with Gasteiger partial charge in [-0.3, -0.25) is 4.98 Å². The van der Waals surface area contributed by atoms with Gasteiger partial charge in [0, 0.05) is 23.0 Å². The summed E-state index contributed by atoms with van der Waals surface area (Å²) in [6.45, 7) is 1.97. The number of ether oxygens (including phenoxy) is 1. The van der Waals surface area contributed by atoms with Crippen molar-refractivity contribution in [3.05, 3.63) is 71.5 Å². The van der Waals surface area contributed by atoms with Crippen LogP contribution in [0, 0.1) is 6.92 Å². The van der Waals surface area contributed by atoms with Crippen LogP contribution in [0.4, 0.5) is 0 Å². The van der Waals surface area contributed by atoms with Crippen LogP contribution in [0.5, 0.6) is 11.5 Å². The lowest BCUT2D eigenvalue weighted by Crippen LogP contribution is -1.86. The molecule has 0 radical (unpaired) electrons. The highest BCUT2D eigenvalue weighted by atomic mass is 35.5. The Bertz CT molecular complexity index is 1010. The Morgan fingerprint density at radius 1 is 1.00 bits per heavy atom. The highest BCUT2D eigenvalue weighted by molar-refractivity contribution is 6.32. The van der Waals surface area contributed by atoms with E-state index in [0.717, 1.165) is 44.5 Å². The molecule has 118 valence electrons. The van der Waals surface area contributed by atoms with Crippen molar-refractivity contribution in [1.82, 2.24) is 15.0 Å². The van der Waals surface area contributed by atoms with Crippen LogP contribution in [0.15, 0.2) is 60.9 Å². The molecule has 0 atom stereocenters. The number of imidazole rings is 1. The number of fused-ring (bicyclic) bond motifs is 1. The van der Waals surface area contributed by atoms with E-state index in [9.17, 15) is 0 Å². The summed E-state index contributed by atoms with van der Waals surface area (Å²) < 4.78 is 5.85. The number of aromatic nitrogens is 3. The molecule has 2 aromatic carbocycles. The molecular formula is C19H14ClN3O. The topological polar surface area (TPSA) is 50.8 Å². The monoisotopic (exact) mass is 335 g/mol. The Morgan fingerprint density at radius 2 is 1.83 bits per heavy atom. The van der Waals surface area contributed by atoms with Gasteiger partial charge in [0.25, 0.3) is 0 Å². The second-order valence-corrected chi connectivity index (χ2v) is 5.87. The van der Waals surface area contributed by atoms with Crippen molar-refractivity contribution in [2.24, 2.45) is 0 Å². The zero-order chi connectivity index (χ0) is 16.5. The first kappa shape index (κ1) is 14.7. The Kier molecular flexibility index (Phi) is 3.67. The minimum atomic E-state index is 0.718. The van der Waals surface area contributed by atoms with Crippen LogP contribution in [0.2, 0.25) is 5.02 Å². The summed E-state index contributed by atoms with van der Waals surface area (Å²) in [6, 6.07) is 15.3. The molecule has 0 fully saturated rings. The van der Waals surface area contributed by atoms with Crippen molar-refractivity contribution in [1.29, 1.82) is 0 Å². The highest BCUT2D eigenvalue weighted by Gasteiger charge is 2.10. The van der Waals surface area contributed by atoms with Crippen molar-refractivity contribution in [2.75, 3.05) is 0 Å². The van der Waals surface area contributed by atoms with Crippen molar-refractivity contribution < 1.29 is 4.74 Å². The third-order valence-electron chi connectivity index (χ3n) is 3.83. The summed E-state index contributed by atoms with van der Waals surface area (Å²) in [5.74, 6) is 2.28. The second-order valence-electron chi connectivity index (χ2n) is 5.47. The molecule has 0 unspecified atom stereocenters. The molecule has 0 aliphatic heterocycles. The maximum absolute atomic E-state index is 6.18. The molecule has 24 heavy (non-hydrogen) atoms. The van der Waals surface area contributed by atoms with Crippen LogP contribution in [0.25, 0.3) is 22.4 Å². The molecule has 0 amide bonds. The van der Waals surface area contributed by atoms with E-state index in [4.69, 9.17) is 16.3 Å². The fourth-order valence-electron chi connectivity index (χ4n) is 2.57. The third kappa shape index (κ3) is 2.72. The van der Waals surface area contributed by atoms with Crippen molar-refractivity contribution >= 4 is 22.6 Å². The fraction of sp³-hybridized carbons (Fsp3) is 0.0526. The molecule has 0 aliphatic carbocycles. The number of pyridine rings is 1. The molecule has 4 nitrogen and oxygen atoms in total.